The summed E-state index contributed by atoms with van der Waals surface area (Å²) in [6, 6.07) is 8.16. The van der Waals surface area contributed by atoms with E-state index in [1.807, 2.05) is 86.2 Å². The second kappa shape index (κ2) is 8.52. The molecule has 2 fully saturated rings. The number of benzene rings is 1. The molecule has 0 aliphatic carbocycles. The summed E-state index contributed by atoms with van der Waals surface area (Å²) >= 11 is 1.81. The molecule has 1 aromatic carbocycles. The highest BCUT2D eigenvalue weighted by molar-refractivity contribution is 8.00. The maximum absolute atomic E-state index is 12.3. The van der Waals surface area contributed by atoms with Gasteiger partial charge in [-0.3, -0.25) is 0 Å². The first kappa shape index (κ1) is 24.1. The van der Waals surface area contributed by atoms with Crippen LogP contribution in [0.2, 0.25) is 0 Å². The minimum atomic E-state index is -0.511. The van der Waals surface area contributed by atoms with Crippen LogP contribution in [0, 0.1) is 0 Å². The van der Waals surface area contributed by atoms with Crippen molar-refractivity contribution in [3.8, 4) is 0 Å². The van der Waals surface area contributed by atoms with E-state index in [-0.39, 0.29) is 30.0 Å². The van der Waals surface area contributed by atoms with Crippen LogP contribution in [0.3, 0.4) is 0 Å². The highest BCUT2D eigenvalue weighted by Gasteiger charge is 2.52. The number of thioether (sulfide) groups is 1. The summed E-state index contributed by atoms with van der Waals surface area (Å²) in [6.07, 6.45) is -0.377. The fourth-order valence-corrected chi connectivity index (χ4v) is 4.14. The smallest absolute Gasteiger partial charge is 0.444 e. The van der Waals surface area contributed by atoms with Crippen LogP contribution in [0.1, 0.15) is 67.9 Å². The molecular formula is C22H36BNO4S. The zero-order valence-electron chi connectivity index (χ0n) is 19.3. The monoisotopic (exact) mass is 421 g/mol. The molecule has 1 N–H and O–H groups in total. The van der Waals surface area contributed by atoms with Crippen LogP contribution < -0.4 is 10.8 Å². The van der Waals surface area contributed by atoms with Crippen LogP contribution in [0.5, 0.6) is 0 Å². The number of nitrogens with one attached hydrogen (secondary N) is 1. The highest BCUT2D eigenvalue weighted by atomic mass is 32.2. The van der Waals surface area contributed by atoms with Crippen molar-refractivity contribution in [1.29, 1.82) is 0 Å². The lowest BCUT2D eigenvalue weighted by atomic mass is 9.77. The van der Waals surface area contributed by atoms with Crippen molar-refractivity contribution in [3.05, 3.63) is 29.8 Å². The molecule has 0 atom stereocenters. The van der Waals surface area contributed by atoms with E-state index in [4.69, 9.17) is 14.0 Å². The number of hydrogen-bond acceptors (Lipinski definition) is 5. The Balaban J connectivity index is 0.00000145. The van der Waals surface area contributed by atoms with E-state index in [2.05, 4.69) is 17.4 Å². The Morgan fingerprint density at radius 2 is 1.52 bits per heavy atom. The van der Waals surface area contributed by atoms with Crippen molar-refractivity contribution in [3.63, 3.8) is 0 Å². The van der Waals surface area contributed by atoms with Crippen molar-refractivity contribution < 1.29 is 18.8 Å². The topological polar surface area (TPSA) is 56.8 Å². The van der Waals surface area contributed by atoms with Gasteiger partial charge in [-0.15, -0.1) is 0 Å². The number of carbonyl (C=O) groups excluding carboxylic acids is 1. The Kier molecular flexibility index (Phi) is 7.08. The van der Waals surface area contributed by atoms with Gasteiger partial charge in [-0.2, -0.15) is 11.8 Å². The summed E-state index contributed by atoms with van der Waals surface area (Å²) in [4.78, 5) is 12.3. The standard InChI is InChI=1S/C20H30BNO4S.C2H6/c1-17(2,3)24-16(23)22-20(12-27-13-20)14-8-10-15(11-9-14)21-25-18(4,5)19(6,7)26-21;1-2/h8-11H,12-13H2,1-7H3,(H,22,23);1-2H3. The van der Waals surface area contributed by atoms with E-state index in [0.29, 0.717) is 0 Å². The van der Waals surface area contributed by atoms with E-state index in [1.165, 1.54) is 0 Å². The van der Waals surface area contributed by atoms with Gasteiger partial charge in [0.15, 0.2) is 0 Å². The Bertz CT molecular complexity index is 693. The van der Waals surface area contributed by atoms with Crippen molar-refractivity contribution in [2.24, 2.45) is 0 Å². The van der Waals surface area contributed by atoms with Gasteiger partial charge in [-0.05, 0) is 59.5 Å². The molecule has 5 nitrogen and oxygen atoms in total. The van der Waals surface area contributed by atoms with Gasteiger partial charge in [0.2, 0.25) is 0 Å². The van der Waals surface area contributed by atoms with Gasteiger partial charge in [0.1, 0.15) is 5.60 Å². The molecule has 162 valence electrons. The van der Waals surface area contributed by atoms with Crippen molar-refractivity contribution >= 4 is 30.4 Å². The highest BCUT2D eigenvalue weighted by Crippen LogP contribution is 2.39. The molecule has 1 amide bonds. The lowest BCUT2D eigenvalue weighted by Crippen LogP contribution is -2.56. The molecule has 7 heteroatoms. The number of ether oxygens (including phenoxy) is 1. The first-order valence-electron chi connectivity index (χ1n) is 10.4. The molecule has 3 rings (SSSR count). The Hall–Kier alpha value is -1.18. The molecule has 0 spiro atoms. The van der Waals surface area contributed by atoms with Crippen molar-refractivity contribution in [2.75, 3.05) is 11.5 Å². The molecule has 0 aromatic heterocycles. The number of carbonyl (C=O) groups is 1. The summed E-state index contributed by atoms with van der Waals surface area (Å²) in [5, 5.41) is 3.07. The second-order valence-corrected chi connectivity index (χ2v) is 10.4. The van der Waals surface area contributed by atoms with Crippen LogP contribution in [-0.4, -0.2) is 41.5 Å². The van der Waals surface area contributed by atoms with Gasteiger partial charge in [-0.1, -0.05) is 38.1 Å². The molecular weight excluding hydrogens is 385 g/mol. The third kappa shape index (κ3) is 5.30. The molecule has 29 heavy (non-hydrogen) atoms. The second-order valence-electron chi connectivity index (χ2n) is 9.41. The molecule has 2 aliphatic heterocycles. The normalized spacial score (nSPS) is 21.5. The van der Waals surface area contributed by atoms with Crippen molar-refractivity contribution in [2.45, 2.75) is 84.7 Å². The Morgan fingerprint density at radius 1 is 1.03 bits per heavy atom. The van der Waals surface area contributed by atoms with Gasteiger partial charge in [0, 0.05) is 11.5 Å². The van der Waals surface area contributed by atoms with Crippen LogP contribution in [0.25, 0.3) is 0 Å². The fourth-order valence-electron chi connectivity index (χ4n) is 3.05. The molecule has 0 saturated carbocycles. The largest absolute Gasteiger partial charge is 0.494 e. The zero-order valence-corrected chi connectivity index (χ0v) is 20.2. The maximum Gasteiger partial charge on any atom is 0.494 e. The maximum atomic E-state index is 12.3. The van der Waals surface area contributed by atoms with E-state index in [1.54, 1.807) is 0 Å². The minimum Gasteiger partial charge on any atom is -0.444 e. The quantitative estimate of drug-likeness (QED) is 0.730. The van der Waals surface area contributed by atoms with E-state index in [0.717, 1.165) is 22.5 Å². The van der Waals surface area contributed by atoms with Gasteiger partial charge in [-0.25, -0.2) is 4.79 Å². The van der Waals surface area contributed by atoms with Gasteiger partial charge in [0.25, 0.3) is 0 Å². The van der Waals surface area contributed by atoms with Crippen LogP contribution in [0.4, 0.5) is 4.79 Å². The molecule has 0 bridgehead atoms. The third-order valence-corrected chi connectivity index (χ3v) is 6.82. The van der Waals surface area contributed by atoms with Gasteiger partial charge in [0.05, 0.1) is 16.7 Å². The van der Waals surface area contributed by atoms with Gasteiger partial charge < -0.3 is 19.4 Å². The fraction of sp³-hybridized carbons (Fsp3) is 0.682. The van der Waals surface area contributed by atoms with Crippen molar-refractivity contribution in [1.82, 2.24) is 5.32 Å². The number of rotatable bonds is 3. The summed E-state index contributed by atoms with van der Waals surface area (Å²) in [7, 11) is -0.380. The van der Waals surface area contributed by atoms with E-state index >= 15 is 0 Å². The summed E-state index contributed by atoms with van der Waals surface area (Å²) in [5.41, 5.74) is 0.453. The van der Waals surface area contributed by atoms with Crippen LogP contribution >= 0.6 is 11.8 Å². The molecule has 2 saturated heterocycles. The average Bonchev–Trinajstić information content (AvgIpc) is 2.79. The lowest BCUT2D eigenvalue weighted by molar-refractivity contribution is 0.00578. The average molecular weight is 421 g/mol. The van der Waals surface area contributed by atoms with E-state index < -0.39 is 5.60 Å². The summed E-state index contributed by atoms with van der Waals surface area (Å²) in [6.45, 7) is 17.8. The first-order valence-corrected chi connectivity index (χ1v) is 11.5. The minimum absolute atomic E-state index is 0.361. The number of alkyl carbamates (subject to hydrolysis) is 1. The number of hydrogen-bond donors (Lipinski definition) is 1. The summed E-state index contributed by atoms with van der Waals surface area (Å²) < 4.78 is 17.7. The molecule has 2 aliphatic rings. The molecule has 2 heterocycles. The molecule has 1 aromatic rings. The first-order chi connectivity index (χ1) is 13.3. The Labute approximate surface area is 180 Å². The van der Waals surface area contributed by atoms with E-state index in [9.17, 15) is 4.79 Å². The molecule has 0 unspecified atom stereocenters. The SMILES string of the molecule is CC.CC(C)(C)OC(=O)NC1(c2ccc(B3OC(C)(C)C(C)(C)O3)cc2)CSC1. The molecule has 0 radical (unpaired) electrons. The number of amides is 1. The summed E-state index contributed by atoms with van der Waals surface area (Å²) in [5.74, 6) is 1.67. The predicted molar refractivity (Wildman–Crippen MR) is 122 cm³/mol. The lowest BCUT2D eigenvalue weighted by Gasteiger charge is -2.42. The third-order valence-electron chi connectivity index (χ3n) is 5.43. The Morgan fingerprint density at radius 3 is 1.90 bits per heavy atom. The van der Waals surface area contributed by atoms with Crippen LogP contribution in [-0.2, 0) is 19.6 Å². The van der Waals surface area contributed by atoms with Gasteiger partial charge >= 0.3 is 13.2 Å². The predicted octanol–water partition coefficient (Wildman–Crippen LogP) is 4.48. The van der Waals surface area contributed by atoms with Crippen LogP contribution in [0.15, 0.2) is 24.3 Å². The zero-order chi connectivity index (χ0) is 22.1.